The van der Waals surface area contributed by atoms with Crippen LogP contribution in [-0.2, 0) is 14.8 Å². The number of nitrogens with one attached hydrogen (secondary N) is 2. The van der Waals surface area contributed by atoms with Crippen molar-refractivity contribution in [1.29, 1.82) is 0 Å². The topological polar surface area (TPSA) is 127 Å². The first kappa shape index (κ1) is 22.4. The highest BCUT2D eigenvalue weighted by Crippen LogP contribution is 2.22. The number of amides is 1. The summed E-state index contributed by atoms with van der Waals surface area (Å²) in [6.07, 6.45) is 5.18. The van der Waals surface area contributed by atoms with Gasteiger partial charge in [-0.25, -0.2) is 23.5 Å². The zero-order valence-corrected chi connectivity index (χ0v) is 18.0. The second-order valence-corrected chi connectivity index (χ2v) is 8.60. The van der Waals surface area contributed by atoms with Crippen LogP contribution in [-0.4, -0.2) is 24.3 Å². The Balaban J connectivity index is 1.66. The first-order valence-electron chi connectivity index (χ1n) is 9.98. The van der Waals surface area contributed by atoms with Crippen molar-refractivity contribution in [2.24, 2.45) is 5.14 Å². The summed E-state index contributed by atoms with van der Waals surface area (Å²) in [7, 11) is -3.74. The van der Waals surface area contributed by atoms with Crippen molar-refractivity contribution in [3.63, 3.8) is 0 Å². The van der Waals surface area contributed by atoms with Gasteiger partial charge in [0, 0.05) is 29.6 Å². The minimum Gasteiger partial charge on any atom is -0.326 e. The van der Waals surface area contributed by atoms with Crippen molar-refractivity contribution in [1.82, 2.24) is 9.97 Å². The average Bonchev–Trinajstić information content (AvgIpc) is 2.74. The number of carbonyl (C=O) groups excluding carboxylic acids is 1. The third-order valence-electron chi connectivity index (χ3n) is 4.57. The lowest BCUT2D eigenvalue weighted by atomic mass is 10.1. The van der Waals surface area contributed by atoms with Gasteiger partial charge in [-0.1, -0.05) is 31.9 Å². The lowest BCUT2D eigenvalue weighted by Crippen LogP contribution is -2.11. The van der Waals surface area contributed by atoms with Crippen molar-refractivity contribution in [3.05, 3.63) is 60.8 Å². The second kappa shape index (κ2) is 10.1. The van der Waals surface area contributed by atoms with Gasteiger partial charge in [0.1, 0.15) is 0 Å². The summed E-state index contributed by atoms with van der Waals surface area (Å²) in [6, 6.07) is 15.2. The summed E-state index contributed by atoms with van der Waals surface area (Å²) in [5.41, 5.74) is 2.96. The summed E-state index contributed by atoms with van der Waals surface area (Å²) in [5, 5.41) is 11.1. The van der Waals surface area contributed by atoms with Gasteiger partial charge in [-0.05, 0) is 48.9 Å². The van der Waals surface area contributed by atoms with Gasteiger partial charge in [-0.15, -0.1) is 0 Å². The molecule has 162 valence electrons. The Morgan fingerprint density at radius 3 is 2.29 bits per heavy atom. The maximum absolute atomic E-state index is 12.0. The predicted molar refractivity (Wildman–Crippen MR) is 121 cm³/mol. The average molecular weight is 440 g/mol. The van der Waals surface area contributed by atoms with Crippen molar-refractivity contribution >= 4 is 33.3 Å². The molecule has 3 rings (SSSR count). The SMILES string of the molecule is CCCCCC(=O)Nc1ccc(-c2ccnc(Nc3ccc(S(N)(=O)=O)cc3)n2)cc1. The highest BCUT2D eigenvalue weighted by molar-refractivity contribution is 7.89. The van der Waals surface area contributed by atoms with E-state index in [1.165, 1.54) is 12.1 Å². The largest absolute Gasteiger partial charge is 0.326 e. The fourth-order valence-electron chi connectivity index (χ4n) is 2.92. The zero-order valence-electron chi connectivity index (χ0n) is 17.2. The molecule has 0 aliphatic rings. The lowest BCUT2D eigenvalue weighted by Gasteiger charge is -2.09. The van der Waals surface area contributed by atoms with E-state index < -0.39 is 10.0 Å². The van der Waals surface area contributed by atoms with Gasteiger partial charge in [0.05, 0.1) is 10.6 Å². The van der Waals surface area contributed by atoms with Crippen LogP contribution in [0.4, 0.5) is 17.3 Å². The first-order chi connectivity index (χ1) is 14.8. The van der Waals surface area contributed by atoms with E-state index in [9.17, 15) is 13.2 Å². The Morgan fingerprint density at radius 1 is 0.968 bits per heavy atom. The molecular formula is C22H25N5O3S. The van der Waals surface area contributed by atoms with E-state index in [0.29, 0.717) is 23.8 Å². The molecule has 0 aliphatic heterocycles. The third kappa shape index (κ3) is 6.59. The van der Waals surface area contributed by atoms with Crippen LogP contribution in [0.25, 0.3) is 11.3 Å². The van der Waals surface area contributed by atoms with Crippen molar-refractivity contribution in [2.75, 3.05) is 10.6 Å². The maximum Gasteiger partial charge on any atom is 0.238 e. The van der Waals surface area contributed by atoms with Gasteiger partial charge >= 0.3 is 0 Å². The van der Waals surface area contributed by atoms with Crippen LogP contribution >= 0.6 is 0 Å². The first-order valence-corrected chi connectivity index (χ1v) is 11.5. The minimum absolute atomic E-state index is 0.0168. The molecule has 3 aromatic rings. The van der Waals surface area contributed by atoms with E-state index in [1.54, 1.807) is 24.4 Å². The summed E-state index contributed by atoms with van der Waals surface area (Å²) in [4.78, 5) is 20.7. The number of sulfonamides is 1. The molecule has 0 saturated heterocycles. The van der Waals surface area contributed by atoms with Gasteiger partial charge in [0.25, 0.3) is 0 Å². The monoisotopic (exact) mass is 439 g/mol. The fourth-order valence-corrected chi connectivity index (χ4v) is 3.44. The number of benzene rings is 2. The quantitative estimate of drug-likeness (QED) is 0.432. The highest BCUT2D eigenvalue weighted by Gasteiger charge is 2.08. The summed E-state index contributed by atoms with van der Waals surface area (Å²) < 4.78 is 22.7. The minimum atomic E-state index is -3.74. The molecule has 0 aliphatic carbocycles. The number of hydrogen-bond donors (Lipinski definition) is 3. The van der Waals surface area contributed by atoms with Crippen LogP contribution < -0.4 is 15.8 Å². The summed E-state index contributed by atoms with van der Waals surface area (Å²) in [5.74, 6) is 0.386. The molecule has 0 atom stereocenters. The molecule has 9 heteroatoms. The van der Waals surface area contributed by atoms with E-state index >= 15 is 0 Å². The molecule has 0 saturated carbocycles. The summed E-state index contributed by atoms with van der Waals surface area (Å²) >= 11 is 0. The van der Waals surface area contributed by atoms with Gasteiger partial charge in [0.15, 0.2) is 0 Å². The number of carbonyl (C=O) groups is 1. The zero-order chi connectivity index (χ0) is 22.3. The molecule has 8 nitrogen and oxygen atoms in total. The molecule has 1 amide bonds. The molecule has 4 N–H and O–H groups in total. The fraction of sp³-hybridized carbons (Fsp3) is 0.227. The highest BCUT2D eigenvalue weighted by atomic mass is 32.2. The molecule has 0 spiro atoms. The van der Waals surface area contributed by atoms with Crippen LogP contribution in [0.15, 0.2) is 65.7 Å². The van der Waals surface area contributed by atoms with Gasteiger partial charge in [0.2, 0.25) is 21.9 Å². The smallest absolute Gasteiger partial charge is 0.238 e. The normalized spacial score (nSPS) is 11.2. The Morgan fingerprint density at radius 2 is 1.65 bits per heavy atom. The number of rotatable bonds is 9. The van der Waals surface area contributed by atoms with Gasteiger partial charge in [-0.3, -0.25) is 4.79 Å². The Labute approximate surface area is 182 Å². The second-order valence-electron chi connectivity index (χ2n) is 7.04. The van der Waals surface area contributed by atoms with Gasteiger partial charge < -0.3 is 10.6 Å². The molecule has 1 aromatic heterocycles. The molecule has 0 unspecified atom stereocenters. The number of unbranched alkanes of at least 4 members (excludes halogenated alkanes) is 2. The van der Waals surface area contributed by atoms with Crippen LogP contribution in [0.1, 0.15) is 32.6 Å². The standard InChI is InChI=1S/C22H25N5O3S/c1-2-3-4-5-21(28)25-17-8-6-16(7-9-17)20-14-15-24-22(27-20)26-18-10-12-19(13-11-18)31(23,29)30/h6-15H,2-5H2,1H3,(H,25,28)(H2,23,29,30)(H,24,26,27). The number of primary sulfonamides is 1. The van der Waals surface area contributed by atoms with Crippen molar-refractivity contribution in [2.45, 2.75) is 37.5 Å². The van der Waals surface area contributed by atoms with E-state index in [2.05, 4.69) is 27.5 Å². The molecule has 0 bridgehead atoms. The van der Waals surface area contributed by atoms with E-state index in [-0.39, 0.29) is 10.8 Å². The Kier molecular flexibility index (Phi) is 7.32. The summed E-state index contributed by atoms with van der Waals surface area (Å²) in [6.45, 7) is 2.11. The molecule has 0 fully saturated rings. The lowest BCUT2D eigenvalue weighted by molar-refractivity contribution is -0.116. The Hall–Kier alpha value is -3.30. The number of aromatic nitrogens is 2. The van der Waals surface area contributed by atoms with E-state index in [0.717, 1.165) is 30.5 Å². The van der Waals surface area contributed by atoms with Gasteiger partial charge in [-0.2, -0.15) is 0 Å². The van der Waals surface area contributed by atoms with Crippen molar-refractivity contribution < 1.29 is 13.2 Å². The number of nitrogens with zero attached hydrogens (tertiary/aromatic N) is 2. The number of nitrogens with two attached hydrogens (primary N) is 1. The molecule has 31 heavy (non-hydrogen) atoms. The molecule has 1 heterocycles. The predicted octanol–water partition coefficient (Wildman–Crippen LogP) is 4.05. The molecule has 0 radical (unpaired) electrons. The number of anilines is 3. The third-order valence-corrected chi connectivity index (χ3v) is 5.50. The van der Waals surface area contributed by atoms with E-state index in [4.69, 9.17) is 5.14 Å². The molecular weight excluding hydrogens is 414 g/mol. The van der Waals surface area contributed by atoms with E-state index in [1.807, 2.05) is 24.3 Å². The Bertz CT molecular complexity index is 1130. The van der Waals surface area contributed by atoms with Crippen LogP contribution in [0, 0.1) is 0 Å². The van der Waals surface area contributed by atoms with Crippen LogP contribution in [0.3, 0.4) is 0 Å². The molecule has 2 aromatic carbocycles. The van der Waals surface area contributed by atoms with Crippen LogP contribution in [0.2, 0.25) is 0 Å². The van der Waals surface area contributed by atoms with Crippen molar-refractivity contribution in [3.8, 4) is 11.3 Å². The maximum atomic E-state index is 12.0. The number of hydrogen-bond acceptors (Lipinski definition) is 6. The van der Waals surface area contributed by atoms with Crippen LogP contribution in [0.5, 0.6) is 0 Å².